The van der Waals surface area contributed by atoms with E-state index in [1.54, 1.807) is 0 Å². The van der Waals surface area contributed by atoms with E-state index in [0.29, 0.717) is 13.1 Å². The standard InChI is InChI=1S/C17H23NO2/c1-17(2,12-19)11-18-10-16(20)15-8-7-13-5-3-4-6-14(13)9-15/h3-9,16,18-20H,10-12H2,1-2H3. The number of aliphatic hydroxyl groups is 2. The maximum Gasteiger partial charge on any atom is 0.0914 e. The third-order valence-electron chi connectivity index (χ3n) is 3.53. The van der Waals surface area contributed by atoms with Crippen LogP contribution in [0.4, 0.5) is 0 Å². The molecule has 2 rings (SSSR count). The second-order valence-electron chi connectivity index (χ2n) is 6.08. The van der Waals surface area contributed by atoms with Gasteiger partial charge in [0.2, 0.25) is 0 Å². The minimum Gasteiger partial charge on any atom is -0.396 e. The number of benzene rings is 2. The normalized spacial score (nSPS) is 13.6. The summed E-state index contributed by atoms with van der Waals surface area (Å²) in [6.07, 6.45) is -0.533. The van der Waals surface area contributed by atoms with Gasteiger partial charge in [-0.05, 0) is 22.4 Å². The Bertz CT molecular complexity index is 566. The number of nitrogens with one attached hydrogen (secondary N) is 1. The molecule has 0 amide bonds. The molecule has 3 heteroatoms. The van der Waals surface area contributed by atoms with Gasteiger partial charge in [-0.15, -0.1) is 0 Å². The van der Waals surface area contributed by atoms with Crippen LogP contribution in [0.3, 0.4) is 0 Å². The molecule has 0 aromatic heterocycles. The van der Waals surface area contributed by atoms with Crippen molar-refractivity contribution < 1.29 is 10.2 Å². The summed E-state index contributed by atoms with van der Waals surface area (Å²) in [4.78, 5) is 0. The molecule has 1 unspecified atom stereocenters. The third kappa shape index (κ3) is 3.79. The van der Waals surface area contributed by atoms with Gasteiger partial charge in [-0.25, -0.2) is 0 Å². The fourth-order valence-electron chi connectivity index (χ4n) is 2.14. The lowest BCUT2D eigenvalue weighted by molar-refractivity contribution is 0.138. The first-order valence-electron chi connectivity index (χ1n) is 7.00. The van der Waals surface area contributed by atoms with Crippen molar-refractivity contribution in [3.63, 3.8) is 0 Å². The zero-order valence-electron chi connectivity index (χ0n) is 12.1. The molecular formula is C17H23NO2. The molecule has 2 aromatic rings. The van der Waals surface area contributed by atoms with Crippen molar-refractivity contribution in [2.45, 2.75) is 20.0 Å². The summed E-state index contributed by atoms with van der Waals surface area (Å²) in [5, 5.41) is 24.9. The van der Waals surface area contributed by atoms with Gasteiger partial charge in [-0.2, -0.15) is 0 Å². The van der Waals surface area contributed by atoms with Crippen LogP contribution in [-0.4, -0.2) is 29.9 Å². The average Bonchev–Trinajstić information content (AvgIpc) is 2.46. The largest absolute Gasteiger partial charge is 0.396 e. The van der Waals surface area contributed by atoms with Crippen molar-refractivity contribution in [2.24, 2.45) is 5.41 Å². The first-order chi connectivity index (χ1) is 9.52. The number of aliphatic hydroxyl groups excluding tert-OH is 2. The molecule has 0 bridgehead atoms. The molecule has 0 aliphatic carbocycles. The smallest absolute Gasteiger partial charge is 0.0914 e. The van der Waals surface area contributed by atoms with Crippen LogP contribution in [0.2, 0.25) is 0 Å². The van der Waals surface area contributed by atoms with Gasteiger partial charge < -0.3 is 15.5 Å². The molecule has 0 aliphatic rings. The van der Waals surface area contributed by atoms with Crippen LogP contribution in [0.15, 0.2) is 42.5 Å². The summed E-state index contributed by atoms with van der Waals surface area (Å²) in [6, 6.07) is 14.1. The Labute approximate surface area is 120 Å². The second kappa shape index (κ2) is 6.35. The molecule has 1 atom stereocenters. The SMILES string of the molecule is CC(C)(CO)CNCC(O)c1ccc2ccccc2c1. The minimum absolute atomic E-state index is 0.131. The highest BCUT2D eigenvalue weighted by Crippen LogP contribution is 2.20. The van der Waals surface area contributed by atoms with Gasteiger partial charge in [0.1, 0.15) is 0 Å². The zero-order valence-corrected chi connectivity index (χ0v) is 12.1. The molecule has 0 heterocycles. The predicted molar refractivity (Wildman–Crippen MR) is 82.6 cm³/mol. The fourth-order valence-corrected chi connectivity index (χ4v) is 2.14. The molecule has 0 aliphatic heterocycles. The van der Waals surface area contributed by atoms with Crippen LogP contribution >= 0.6 is 0 Å². The maximum absolute atomic E-state index is 10.2. The summed E-state index contributed by atoms with van der Waals surface area (Å²) in [6.45, 7) is 5.27. The van der Waals surface area contributed by atoms with Gasteiger partial charge in [0.05, 0.1) is 6.10 Å². The Morgan fingerprint density at radius 1 is 1.10 bits per heavy atom. The maximum atomic E-state index is 10.2. The molecule has 3 N–H and O–H groups in total. The average molecular weight is 273 g/mol. The van der Waals surface area contributed by atoms with Crippen LogP contribution in [-0.2, 0) is 0 Å². The summed E-state index contributed by atoms with van der Waals surface area (Å²) in [5.41, 5.74) is 0.751. The molecule has 0 fully saturated rings. The van der Waals surface area contributed by atoms with E-state index in [9.17, 15) is 10.2 Å². The minimum atomic E-state index is -0.533. The summed E-state index contributed by atoms with van der Waals surface area (Å²) in [5.74, 6) is 0. The Morgan fingerprint density at radius 2 is 1.80 bits per heavy atom. The molecule has 0 saturated carbocycles. The lowest BCUT2D eigenvalue weighted by Gasteiger charge is -2.23. The molecule has 0 radical (unpaired) electrons. The summed E-state index contributed by atoms with van der Waals surface area (Å²) < 4.78 is 0. The molecule has 2 aromatic carbocycles. The van der Waals surface area contributed by atoms with Gasteiger partial charge in [-0.1, -0.05) is 50.2 Å². The fraction of sp³-hybridized carbons (Fsp3) is 0.412. The lowest BCUT2D eigenvalue weighted by Crippen LogP contribution is -2.34. The molecule has 0 spiro atoms. The van der Waals surface area contributed by atoms with E-state index >= 15 is 0 Å². The Balaban J connectivity index is 1.99. The van der Waals surface area contributed by atoms with E-state index in [4.69, 9.17) is 0 Å². The number of rotatable bonds is 6. The van der Waals surface area contributed by atoms with Crippen molar-refractivity contribution in [1.29, 1.82) is 0 Å². The van der Waals surface area contributed by atoms with E-state index in [1.807, 2.05) is 50.2 Å². The number of fused-ring (bicyclic) bond motifs is 1. The quantitative estimate of drug-likeness (QED) is 0.758. The van der Waals surface area contributed by atoms with Gasteiger partial charge in [0.25, 0.3) is 0 Å². The van der Waals surface area contributed by atoms with Crippen LogP contribution in [0.1, 0.15) is 25.5 Å². The lowest BCUT2D eigenvalue weighted by atomic mass is 9.95. The van der Waals surface area contributed by atoms with E-state index in [-0.39, 0.29) is 12.0 Å². The monoisotopic (exact) mass is 273 g/mol. The zero-order chi connectivity index (χ0) is 14.6. The van der Waals surface area contributed by atoms with Crippen LogP contribution in [0, 0.1) is 5.41 Å². The van der Waals surface area contributed by atoms with Crippen molar-refractivity contribution in [3.8, 4) is 0 Å². The first-order valence-corrected chi connectivity index (χ1v) is 7.00. The van der Waals surface area contributed by atoms with Crippen LogP contribution in [0.5, 0.6) is 0 Å². The van der Waals surface area contributed by atoms with E-state index in [2.05, 4.69) is 11.4 Å². The van der Waals surface area contributed by atoms with E-state index in [0.717, 1.165) is 10.9 Å². The highest BCUT2D eigenvalue weighted by atomic mass is 16.3. The first kappa shape index (κ1) is 15.0. The Hall–Kier alpha value is -1.42. The number of hydrogen-bond acceptors (Lipinski definition) is 3. The molecule has 0 saturated heterocycles. The van der Waals surface area contributed by atoms with Gasteiger partial charge in [-0.3, -0.25) is 0 Å². The Kier molecular flexibility index (Phi) is 4.76. The Morgan fingerprint density at radius 3 is 2.50 bits per heavy atom. The molecule has 20 heavy (non-hydrogen) atoms. The topological polar surface area (TPSA) is 52.5 Å². The number of hydrogen-bond donors (Lipinski definition) is 3. The van der Waals surface area contributed by atoms with E-state index < -0.39 is 6.10 Å². The van der Waals surface area contributed by atoms with Gasteiger partial charge >= 0.3 is 0 Å². The molecule has 108 valence electrons. The highest BCUT2D eigenvalue weighted by Gasteiger charge is 2.16. The summed E-state index contributed by atoms with van der Waals surface area (Å²) >= 11 is 0. The third-order valence-corrected chi connectivity index (χ3v) is 3.53. The van der Waals surface area contributed by atoms with Crippen molar-refractivity contribution in [3.05, 3.63) is 48.0 Å². The summed E-state index contributed by atoms with van der Waals surface area (Å²) in [7, 11) is 0. The predicted octanol–water partition coefficient (Wildman–Crippen LogP) is 2.48. The second-order valence-corrected chi connectivity index (χ2v) is 6.08. The van der Waals surface area contributed by atoms with Gasteiger partial charge in [0.15, 0.2) is 0 Å². The van der Waals surface area contributed by atoms with Crippen LogP contribution < -0.4 is 5.32 Å². The van der Waals surface area contributed by atoms with Crippen LogP contribution in [0.25, 0.3) is 10.8 Å². The molecular weight excluding hydrogens is 250 g/mol. The van der Waals surface area contributed by atoms with Crippen molar-refractivity contribution in [2.75, 3.05) is 19.7 Å². The van der Waals surface area contributed by atoms with E-state index in [1.165, 1.54) is 5.39 Å². The molecule has 3 nitrogen and oxygen atoms in total. The van der Waals surface area contributed by atoms with Crippen molar-refractivity contribution >= 4 is 10.8 Å². The highest BCUT2D eigenvalue weighted by molar-refractivity contribution is 5.83. The van der Waals surface area contributed by atoms with Crippen molar-refractivity contribution in [1.82, 2.24) is 5.32 Å². The van der Waals surface area contributed by atoms with Gasteiger partial charge in [0, 0.05) is 25.1 Å².